The van der Waals surface area contributed by atoms with Gasteiger partial charge in [-0.25, -0.2) is 14.5 Å². The number of aromatic nitrogens is 3. The molecule has 0 amide bonds. The maximum atomic E-state index is 11.9. The third-order valence-corrected chi connectivity index (χ3v) is 3.10. The van der Waals surface area contributed by atoms with Crippen LogP contribution in [-0.4, -0.2) is 14.8 Å². The highest BCUT2D eigenvalue weighted by molar-refractivity contribution is 5.40. The lowest BCUT2D eigenvalue weighted by Gasteiger charge is -2.05. The highest BCUT2D eigenvalue weighted by Crippen LogP contribution is 2.12. The molecule has 0 spiro atoms. The number of nitrogens with two attached hydrogens (primary N) is 1. The van der Waals surface area contributed by atoms with E-state index in [1.807, 2.05) is 54.6 Å². The van der Waals surface area contributed by atoms with E-state index in [4.69, 9.17) is 5.73 Å². The number of nitrogens with one attached hydrogen (secondary N) is 1. The average Bonchev–Trinajstić information content (AvgIpc) is 2.83. The average molecular weight is 266 g/mol. The number of benzene rings is 2. The van der Waals surface area contributed by atoms with Crippen molar-refractivity contribution in [3.63, 3.8) is 0 Å². The van der Waals surface area contributed by atoms with Crippen molar-refractivity contribution in [1.82, 2.24) is 14.8 Å². The van der Waals surface area contributed by atoms with Gasteiger partial charge in [-0.05, 0) is 29.8 Å². The van der Waals surface area contributed by atoms with Gasteiger partial charge in [-0.2, -0.15) is 5.10 Å². The summed E-state index contributed by atoms with van der Waals surface area (Å²) in [5.41, 5.74) is 8.01. The number of para-hydroxylation sites is 1. The van der Waals surface area contributed by atoms with E-state index in [9.17, 15) is 4.79 Å². The van der Waals surface area contributed by atoms with Gasteiger partial charge >= 0.3 is 5.69 Å². The quantitative estimate of drug-likeness (QED) is 0.709. The maximum Gasteiger partial charge on any atom is 0.347 e. The van der Waals surface area contributed by atoms with Gasteiger partial charge in [-0.3, -0.25) is 0 Å². The lowest BCUT2D eigenvalue weighted by atomic mass is 10.1. The molecule has 100 valence electrons. The molecule has 3 rings (SSSR count). The van der Waals surface area contributed by atoms with Crippen molar-refractivity contribution >= 4 is 5.69 Å². The first kappa shape index (κ1) is 12.2. The summed E-state index contributed by atoms with van der Waals surface area (Å²) in [7, 11) is 0. The molecule has 1 aromatic heterocycles. The van der Waals surface area contributed by atoms with Crippen LogP contribution in [0.2, 0.25) is 0 Å². The van der Waals surface area contributed by atoms with Crippen molar-refractivity contribution in [3.05, 3.63) is 76.5 Å². The maximum absolute atomic E-state index is 11.9. The van der Waals surface area contributed by atoms with Crippen molar-refractivity contribution in [2.75, 3.05) is 5.73 Å². The van der Waals surface area contributed by atoms with Crippen LogP contribution in [0.1, 0.15) is 11.4 Å². The third kappa shape index (κ3) is 2.33. The van der Waals surface area contributed by atoms with E-state index in [-0.39, 0.29) is 5.69 Å². The molecular formula is C15H14N4O. The highest BCUT2D eigenvalue weighted by atomic mass is 16.1. The first-order valence-corrected chi connectivity index (χ1v) is 6.30. The first-order valence-electron chi connectivity index (χ1n) is 6.30. The van der Waals surface area contributed by atoms with Crippen LogP contribution in [0, 0.1) is 0 Å². The van der Waals surface area contributed by atoms with Crippen LogP contribution in [0.3, 0.4) is 0 Å². The molecular weight excluding hydrogens is 252 g/mol. The predicted molar refractivity (Wildman–Crippen MR) is 77.8 cm³/mol. The van der Waals surface area contributed by atoms with Crippen LogP contribution in [-0.2, 0) is 6.42 Å². The molecule has 0 aliphatic carbocycles. The summed E-state index contributed by atoms with van der Waals surface area (Å²) in [6.07, 6.45) is 0.563. The summed E-state index contributed by atoms with van der Waals surface area (Å²) in [5, 5.41) is 6.60. The van der Waals surface area contributed by atoms with Crippen molar-refractivity contribution in [2.24, 2.45) is 0 Å². The number of H-pyrrole nitrogens is 1. The molecule has 0 fully saturated rings. The van der Waals surface area contributed by atoms with Gasteiger partial charge in [0.1, 0.15) is 5.82 Å². The molecule has 0 atom stereocenters. The molecule has 5 nitrogen and oxygen atoms in total. The van der Waals surface area contributed by atoms with Crippen molar-refractivity contribution < 1.29 is 0 Å². The first-order chi connectivity index (χ1) is 9.74. The number of hydrogen-bond acceptors (Lipinski definition) is 3. The molecule has 2 aromatic carbocycles. The smallest absolute Gasteiger partial charge is 0.347 e. The molecule has 0 radical (unpaired) electrons. The minimum absolute atomic E-state index is 0.235. The van der Waals surface area contributed by atoms with Crippen LogP contribution >= 0.6 is 0 Å². The molecule has 0 unspecified atom stereocenters. The molecule has 0 aliphatic rings. The van der Waals surface area contributed by atoms with Gasteiger partial charge in [0.15, 0.2) is 0 Å². The largest absolute Gasteiger partial charge is 0.399 e. The molecule has 20 heavy (non-hydrogen) atoms. The Labute approximate surface area is 115 Å². The Morgan fingerprint density at radius 3 is 2.45 bits per heavy atom. The van der Waals surface area contributed by atoms with E-state index in [1.54, 1.807) is 4.57 Å². The Kier molecular flexibility index (Phi) is 3.09. The Hall–Kier alpha value is -2.82. The Morgan fingerprint density at radius 2 is 1.75 bits per heavy atom. The lowest BCUT2D eigenvalue weighted by Crippen LogP contribution is -2.17. The van der Waals surface area contributed by atoms with Crippen LogP contribution in [0.5, 0.6) is 0 Å². The summed E-state index contributed by atoms with van der Waals surface area (Å²) < 4.78 is 1.58. The van der Waals surface area contributed by atoms with E-state index in [1.165, 1.54) is 0 Å². The second-order valence-electron chi connectivity index (χ2n) is 4.53. The number of nitrogen functional groups attached to an aromatic ring is 1. The Bertz CT molecular complexity index is 757. The van der Waals surface area contributed by atoms with Crippen LogP contribution in [0.25, 0.3) is 5.69 Å². The van der Waals surface area contributed by atoms with Crippen LogP contribution in [0.4, 0.5) is 5.69 Å². The number of hydrogen-bond donors (Lipinski definition) is 2. The molecule has 3 N–H and O–H groups in total. The lowest BCUT2D eigenvalue weighted by molar-refractivity contribution is 0.893. The summed E-state index contributed by atoms with van der Waals surface area (Å²) in [4.78, 5) is 11.9. The number of rotatable bonds is 3. The minimum atomic E-state index is -0.235. The van der Waals surface area contributed by atoms with Crippen LogP contribution < -0.4 is 11.4 Å². The Balaban J connectivity index is 1.99. The second kappa shape index (κ2) is 5.05. The van der Waals surface area contributed by atoms with E-state index < -0.39 is 0 Å². The fourth-order valence-electron chi connectivity index (χ4n) is 2.11. The third-order valence-electron chi connectivity index (χ3n) is 3.10. The number of anilines is 1. The van der Waals surface area contributed by atoms with Crippen molar-refractivity contribution in [1.29, 1.82) is 0 Å². The fourth-order valence-corrected chi connectivity index (χ4v) is 2.11. The summed E-state index contributed by atoms with van der Waals surface area (Å²) in [6.45, 7) is 0. The van der Waals surface area contributed by atoms with E-state index in [0.29, 0.717) is 12.2 Å². The van der Waals surface area contributed by atoms with E-state index in [2.05, 4.69) is 10.2 Å². The van der Waals surface area contributed by atoms with Gasteiger partial charge < -0.3 is 5.73 Å². The molecule has 0 bridgehead atoms. The molecule has 0 aliphatic heterocycles. The van der Waals surface area contributed by atoms with E-state index in [0.717, 1.165) is 16.9 Å². The van der Waals surface area contributed by atoms with Crippen LogP contribution in [0.15, 0.2) is 59.4 Å². The molecule has 1 heterocycles. The zero-order chi connectivity index (χ0) is 13.9. The Morgan fingerprint density at radius 1 is 1.05 bits per heavy atom. The topological polar surface area (TPSA) is 76.7 Å². The van der Waals surface area contributed by atoms with E-state index >= 15 is 0 Å². The SMILES string of the molecule is Nc1ccc(Cc2n[nH]c(=O)n2-c2ccccc2)cc1. The normalized spacial score (nSPS) is 10.6. The fraction of sp³-hybridized carbons (Fsp3) is 0.0667. The molecule has 0 saturated carbocycles. The summed E-state index contributed by atoms with van der Waals surface area (Å²) in [6, 6.07) is 17.0. The molecule has 0 saturated heterocycles. The van der Waals surface area contributed by atoms with Crippen molar-refractivity contribution in [2.45, 2.75) is 6.42 Å². The molecule has 5 heteroatoms. The van der Waals surface area contributed by atoms with Gasteiger partial charge in [0.25, 0.3) is 0 Å². The van der Waals surface area contributed by atoms with Crippen molar-refractivity contribution in [3.8, 4) is 5.69 Å². The number of nitrogens with zero attached hydrogens (tertiary/aromatic N) is 2. The van der Waals surface area contributed by atoms with Gasteiger partial charge in [0, 0.05) is 12.1 Å². The predicted octanol–water partition coefficient (Wildman–Crippen LogP) is 1.73. The molecule has 3 aromatic rings. The highest BCUT2D eigenvalue weighted by Gasteiger charge is 2.10. The standard InChI is InChI=1S/C15H14N4O/c16-12-8-6-11(7-9-12)10-14-17-18-15(20)19(14)13-4-2-1-3-5-13/h1-9H,10,16H2,(H,18,20). The summed E-state index contributed by atoms with van der Waals surface area (Å²) in [5.74, 6) is 0.672. The van der Waals surface area contributed by atoms with Gasteiger partial charge in [-0.1, -0.05) is 30.3 Å². The van der Waals surface area contributed by atoms with Gasteiger partial charge in [0.05, 0.1) is 5.69 Å². The van der Waals surface area contributed by atoms with Gasteiger partial charge in [-0.15, -0.1) is 0 Å². The zero-order valence-electron chi connectivity index (χ0n) is 10.8. The monoisotopic (exact) mass is 266 g/mol. The van der Waals surface area contributed by atoms with Gasteiger partial charge in [0.2, 0.25) is 0 Å². The minimum Gasteiger partial charge on any atom is -0.399 e. The summed E-state index contributed by atoms with van der Waals surface area (Å²) >= 11 is 0. The second-order valence-corrected chi connectivity index (χ2v) is 4.53. The number of aromatic amines is 1. The zero-order valence-corrected chi connectivity index (χ0v) is 10.8.